The molecule has 1 aromatic heterocycles. The van der Waals surface area contributed by atoms with Crippen molar-refractivity contribution in [1.29, 1.82) is 0 Å². The van der Waals surface area contributed by atoms with Gasteiger partial charge in [-0.2, -0.15) is 0 Å². The molecule has 0 spiro atoms. The van der Waals surface area contributed by atoms with Crippen LogP contribution in [0.5, 0.6) is 0 Å². The molecule has 0 bridgehead atoms. The number of rotatable bonds is 4. The number of hydrogen-bond donors (Lipinski definition) is 1. The van der Waals surface area contributed by atoms with Crippen molar-refractivity contribution >= 4 is 22.8 Å². The smallest absolute Gasteiger partial charge is 0.257 e. The number of hydrogen-bond acceptors (Lipinski definition) is 4. The number of amides is 2. The molecule has 0 aliphatic rings. The third-order valence-corrected chi connectivity index (χ3v) is 4.42. The molecule has 2 aromatic carbocycles. The van der Waals surface area contributed by atoms with Crippen LogP contribution in [0.2, 0.25) is 0 Å². The fourth-order valence-electron chi connectivity index (χ4n) is 2.91. The Bertz CT molecular complexity index is 1070. The summed E-state index contributed by atoms with van der Waals surface area (Å²) in [5.74, 6) is -0.245. The van der Waals surface area contributed by atoms with Gasteiger partial charge >= 0.3 is 0 Å². The number of benzene rings is 2. The van der Waals surface area contributed by atoms with Crippen LogP contribution < -0.4 is 10.7 Å². The second-order valence-electron chi connectivity index (χ2n) is 6.27. The van der Waals surface area contributed by atoms with Crippen LogP contribution in [-0.2, 0) is 4.79 Å². The Morgan fingerprint density at radius 3 is 2.44 bits per heavy atom. The summed E-state index contributed by atoms with van der Waals surface area (Å²) in [5.41, 5.74) is 1.53. The van der Waals surface area contributed by atoms with Crippen molar-refractivity contribution in [3.05, 3.63) is 69.9 Å². The van der Waals surface area contributed by atoms with Crippen molar-refractivity contribution in [2.45, 2.75) is 6.92 Å². The molecule has 27 heavy (non-hydrogen) atoms. The molecule has 3 aromatic rings. The van der Waals surface area contributed by atoms with Gasteiger partial charge in [0.2, 0.25) is 5.91 Å². The Morgan fingerprint density at radius 1 is 1.07 bits per heavy atom. The summed E-state index contributed by atoms with van der Waals surface area (Å²) in [4.78, 5) is 38.5. The Hall–Kier alpha value is -3.41. The van der Waals surface area contributed by atoms with Gasteiger partial charge < -0.3 is 14.6 Å². The molecule has 3 rings (SSSR count). The topological polar surface area (TPSA) is 79.6 Å². The molecule has 0 atom stereocenters. The minimum atomic E-state index is -0.393. The van der Waals surface area contributed by atoms with E-state index >= 15 is 0 Å². The lowest BCUT2D eigenvalue weighted by Gasteiger charge is -2.17. The van der Waals surface area contributed by atoms with Crippen LogP contribution in [0, 0.1) is 6.92 Å². The van der Waals surface area contributed by atoms with E-state index in [1.165, 1.54) is 19.0 Å². The molecule has 0 fully saturated rings. The maximum Gasteiger partial charge on any atom is 0.257 e. The van der Waals surface area contributed by atoms with Crippen molar-refractivity contribution in [2.75, 3.05) is 20.6 Å². The normalized spacial score (nSPS) is 10.6. The van der Waals surface area contributed by atoms with Gasteiger partial charge in [-0.25, -0.2) is 0 Å². The van der Waals surface area contributed by atoms with Crippen molar-refractivity contribution in [3.63, 3.8) is 0 Å². The molecule has 0 unspecified atom stereocenters. The van der Waals surface area contributed by atoms with E-state index in [0.717, 1.165) is 5.56 Å². The monoisotopic (exact) mass is 364 g/mol. The molecule has 0 saturated heterocycles. The number of likely N-dealkylation sites (N-methyl/N-ethyl adjacent to an activating group) is 2. The molecule has 1 N–H and O–H groups in total. The second kappa shape index (κ2) is 7.45. The van der Waals surface area contributed by atoms with Crippen LogP contribution in [-0.4, -0.2) is 37.4 Å². The average Bonchev–Trinajstić information content (AvgIpc) is 2.70. The van der Waals surface area contributed by atoms with Crippen LogP contribution in [0.15, 0.2) is 57.7 Å². The maximum atomic E-state index is 12.8. The summed E-state index contributed by atoms with van der Waals surface area (Å²) in [5, 5.41) is 2.82. The van der Waals surface area contributed by atoms with E-state index in [0.29, 0.717) is 16.7 Å². The van der Waals surface area contributed by atoms with Crippen molar-refractivity contribution in [3.8, 4) is 11.3 Å². The average molecular weight is 364 g/mol. The maximum absolute atomic E-state index is 12.8. The Balaban J connectivity index is 2.18. The molecular weight excluding hydrogens is 344 g/mol. The zero-order valence-electron chi connectivity index (χ0n) is 15.4. The van der Waals surface area contributed by atoms with Crippen LogP contribution in [0.25, 0.3) is 22.3 Å². The highest BCUT2D eigenvalue weighted by atomic mass is 16.3. The molecule has 2 amide bonds. The van der Waals surface area contributed by atoms with Gasteiger partial charge in [-0.15, -0.1) is 0 Å². The summed E-state index contributed by atoms with van der Waals surface area (Å²) >= 11 is 0. The highest BCUT2D eigenvalue weighted by Crippen LogP contribution is 2.27. The highest BCUT2D eigenvalue weighted by molar-refractivity contribution is 6.05. The number of carbonyl (C=O) groups excluding carboxylic acids is 2. The SMILES string of the molecule is CNC(=O)CN(C)C(=O)c1cccc2c(=O)c(C)c(-c3ccccc3)oc12. The minimum Gasteiger partial charge on any atom is -0.455 e. The van der Waals surface area contributed by atoms with Crippen LogP contribution in [0.3, 0.4) is 0 Å². The number of para-hydroxylation sites is 1. The first-order valence-corrected chi connectivity index (χ1v) is 8.52. The summed E-state index contributed by atoms with van der Waals surface area (Å²) in [7, 11) is 3.04. The molecule has 0 saturated carbocycles. The number of nitrogens with one attached hydrogen (secondary N) is 1. The molecule has 6 nitrogen and oxygen atoms in total. The van der Waals surface area contributed by atoms with E-state index in [9.17, 15) is 14.4 Å². The number of fused-ring (bicyclic) bond motifs is 1. The van der Waals surface area contributed by atoms with E-state index in [2.05, 4.69) is 5.32 Å². The summed E-state index contributed by atoms with van der Waals surface area (Å²) in [6.07, 6.45) is 0. The molecule has 1 heterocycles. The first kappa shape index (κ1) is 18.4. The molecule has 138 valence electrons. The lowest BCUT2D eigenvalue weighted by molar-refractivity contribution is -0.121. The zero-order chi connectivity index (χ0) is 19.6. The standard InChI is InChI=1S/C21H20N2O4/c1-13-18(25)15-10-7-11-16(21(26)23(3)12-17(24)22-2)20(15)27-19(13)14-8-5-4-6-9-14/h4-11H,12H2,1-3H3,(H,22,24). The van der Waals surface area contributed by atoms with Gasteiger partial charge in [-0.3, -0.25) is 14.4 Å². The van der Waals surface area contributed by atoms with Gasteiger partial charge in [0.05, 0.1) is 17.5 Å². The second-order valence-corrected chi connectivity index (χ2v) is 6.27. The van der Waals surface area contributed by atoms with Gasteiger partial charge in [0, 0.05) is 25.2 Å². The van der Waals surface area contributed by atoms with Crippen molar-refractivity contribution < 1.29 is 14.0 Å². The van der Waals surface area contributed by atoms with Gasteiger partial charge in [-0.05, 0) is 19.1 Å². The van der Waals surface area contributed by atoms with Crippen LogP contribution >= 0.6 is 0 Å². The number of nitrogens with zero attached hydrogens (tertiary/aromatic N) is 1. The predicted molar refractivity (Wildman–Crippen MR) is 104 cm³/mol. The van der Waals surface area contributed by atoms with Crippen molar-refractivity contribution in [1.82, 2.24) is 10.2 Å². The quantitative estimate of drug-likeness (QED) is 0.772. The van der Waals surface area contributed by atoms with Crippen LogP contribution in [0.4, 0.5) is 0 Å². The van der Waals surface area contributed by atoms with Gasteiger partial charge in [0.1, 0.15) is 5.76 Å². The lowest BCUT2D eigenvalue weighted by atomic mass is 10.0. The van der Waals surface area contributed by atoms with Gasteiger partial charge in [-0.1, -0.05) is 36.4 Å². The Kier molecular flexibility index (Phi) is 5.07. The lowest BCUT2D eigenvalue weighted by Crippen LogP contribution is -2.37. The zero-order valence-corrected chi connectivity index (χ0v) is 15.4. The predicted octanol–water partition coefficient (Wildman–Crippen LogP) is 2.59. The third kappa shape index (κ3) is 3.46. The summed E-state index contributed by atoms with van der Waals surface area (Å²) < 4.78 is 6.05. The van der Waals surface area contributed by atoms with E-state index in [-0.39, 0.29) is 29.0 Å². The van der Waals surface area contributed by atoms with E-state index in [4.69, 9.17) is 4.42 Å². The first-order chi connectivity index (χ1) is 12.9. The first-order valence-electron chi connectivity index (χ1n) is 8.52. The van der Waals surface area contributed by atoms with Crippen molar-refractivity contribution in [2.24, 2.45) is 0 Å². The highest BCUT2D eigenvalue weighted by Gasteiger charge is 2.21. The fourth-order valence-corrected chi connectivity index (χ4v) is 2.91. The van der Waals surface area contributed by atoms with Gasteiger partial charge in [0.25, 0.3) is 5.91 Å². The molecular formula is C21H20N2O4. The Labute approximate surface area is 156 Å². The van der Waals surface area contributed by atoms with E-state index in [1.54, 1.807) is 25.1 Å². The van der Waals surface area contributed by atoms with E-state index < -0.39 is 5.91 Å². The molecule has 0 aliphatic heterocycles. The number of carbonyl (C=O) groups is 2. The van der Waals surface area contributed by atoms with E-state index in [1.807, 2.05) is 30.3 Å². The largest absolute Gasteiger partial charge is 0.455 e. The van der Waals surface area contributed by atoms with Gasteiger partial charge in [0.15, 0.2) is 11.0 Å². The fraction of sp³-hybridized carbons (Fsp3) is 0.190. The molecule has 6 heteroatoms. The van der Waals surface area contributed by atoms with Crippen LogP contribution in [0.1, 0.15) is 15.9 Å². The minimum absolute atomic E-state index is 0.0899. The third-order valence-electron chi connectivity index (χ3n) is 4.42. The summed E-state index contributed by atoms with van der Waals surface area (Å²) in [6, 6.07) is 14.2. The summed E-state index contributed by atoms with van der Waals surface area (Å²) in [6.45, 7) is 1.62. The molecule has 0 aliphatic carbocycles. The molecule has 0 radical (unpaired) electrons. The Morgan fingerprint density at radius 2 is 1.78 bits per heavy atom.